The van der Waals surface area contributed by atoms with E-state index in [9.17, 15) is 4.79 Å². The third-order valence-electron chi connectivity index (χ3n) is 3.61. The Bertz CT molecular complexity index is 477. The van der Waals surface area contributed by atoms with Crippen molar-refractivity contribution in [3.8, 4) is 0 Å². The summed E-state index contributed by atoms with van der Waals surface area (Å²) in [6, 6.07) is 2.06. The fourth-order valence-electron chi connectivity index (χ4n) is 2.34. The predicted octanol–water partition coefficient (Wildman–Crippen LogP) is 2.11. The molecule has 0 spiro atoms. The van der Waals surface area contributed by atoms with Crippen LogP contribution in [0, 0.1) is 12.3 Å². The number of nitrogens with one attached hydrogen (secondary N) is 1. The van der Waals surface area contributed by atoms with Gasteiger partial charge in [0.1, 0.15) is 5.82 Å². The number of carbonyl (C=O) groups excluding carboxylic acids is 1. The molecule has 98 valence electrons. The van der Waals surface area contributed by atoms with Gasteiger partial charge in [0.25, 0.3) is 0 Å². The van der Waals surface area contributed by atoms with Gasteiger partial charge in [0.15, 0.2) is 0 Å². The van der Waals surface area contributed by atoms with Gasteiger partial charge in [-0.25, -0.2) is 4.98 Å². The third kappa shape index (κ3) is 2.36. The van der Waals surface area contributed by atoms with Crippen molar-refractivity contribution in [2.45, 2.75) is 20.3 Å². The van der Waals surface area contributed by atoms with E-state index < -0.39 is 0 Å². The number of anilines is 1. The molecule has 0 saturated carbocycles. The van der Waals surface area contributed by atoms with Crippen molar-refractivity contribution in [2.75, 3.05) is 25.0 Å². The number of rotatable bonds is 2. The van der Waals surface area contributed by atoms with E-state index in [-0.39, 0.29) is 11.3 Å². The summed E-state index contributed by atoms with van der Waals surface area (Å²) in [6.07, 6.45) is 2.68. The molecule has 1 aromatic rings. The second kappa shape index (κ2) is 4.88. The topological polar surface area (TPSA) is 45.2 Å². The Morgan fingerprint density at radius 3 is 2.94 bits per heavy atom. The number of hydrogen-bond donors (Lipinski definition) is 1. The lowest BCUT2D eigenvalue weighted by Gasteiger charge is -2.23. The highest BCUT2D eigenvalue weighted by Crippen LogP contribution is 2.33. The van der Waals surface area contributed by atoms with Gasteiger partial charge in [-0.3, -0.25) is 4.79 Å². The maximum atomic E-state index is 11.9. The predicted molar refractivity (Wildman–Crippen MR) is 75.7 cm³/mol. The molecule has 1 aliphatic heterocycles. The van der Waals surface area contributed by atoms with Crippen LogP contribution in [0.2, 0.25) is 0 Å². The number of amides is 1. The third-order valence-corrected chi connectivity index (χ3v) is 4.44. The molecule has 18 heavy (non-hydrogen) atoms. The van der Waals surface area contributed by atoms with E-state index in [1.54, 1.807) is 7.05 Å². The van der Waals surface area contributed by atoms with Crippen LogP contribution in [-0.2, 0) is 4.79 Å². The minimum Gasteiger partial charge on any atom is -0.359 e. The smallest absolute Gasteiger partial charge is 0.227 e. The first kappa shape index (κ1) is 13.3. The fraction of sp³-hybridized carbons (Fsp3) is 0.538. The van der Waals surface area contributed by atoms with E-state index >= 15 is 0 Å². The highest BCUT2D eigenvalue weighted by atomic mass is 79.9. The largest absolute Gasteiger partial charge is 0.359 e. The zero-order valence-electron chi connectivity index (χ0n) is 11.0. The first-order chi connectivity index (χ1) is 8.46. The van der Waals surface area contributed by atoms with Gasteiger partial charge >= 0.3 is 0 Å². The number of aromatic nitrogens is 1. The van der Waals surface area contributed by atoms with Gasteiger partial charge < -0.3 is 10.2 Å². The standard InChI is InChI=1S/C13H18BrN3O/c1-9-6-11(16-7-10(9)14)17-5-4-13(2,8-17)12(18)15-3/h6-7H,4-5,8H2,1-3H3,(H,15,18). The zero-order chi connectivity index (χ0) is 13.3. The molecule has 1 unspecified atom stereocenters. The monoisotopic (exact) mass is 311 g/mol. The second-order valence-corrected chi connectivity index (χ2v) is 5.96. The summed E-state index contributed by atoms with van der Waals surface area (Å²) >= 11 is 3.45. The number of aryl methyl sites for hydroxylation is 1. The average molecular weight is 312 g/mol. The highest BCUT2D eigenvalue weighted by molar-refractivity contribution is 9.10. The SMILES string of the molecule is CNC(=O)C1(C)CCN(c2cc(C)c(Br)cn2)C1. The molecule has 0 bridgehead atoms. The summed E-state index contributed by atoms with van der Waals surface area (Å²) in [5.74, 6) is 1.06. The molecule has 0 aromatic carbocycles. The summed E-state index contributed by atoms with van der Waals surface area (Å²) in [5, 5.41) is 2.75. The maximum absolute atomic E-state index is 11.9. The molecular weight excluding hydrogens is 294 g/mol. The van der Waals surface area contributed by atoms with Crippen molar-refractivity contribution in [1.29, 1.82) is 0 Å². The van der Waals surface area contributed by atoms with Gasteiger partial charge in [0.2, 0.25) is 5.91 Å². The van der Waals surface area contributed by atoms with Gasteiger partial charge in [-0.2, -0.15) is 0 Å². The summed E-state index contributed by atoms with van der Waals surface area (Å²) in [7, 11) is 1.69. The van der Waals surface area contributed by atoms with Crippen LogP contribution in [-0.4, -0.2) is 31.0 Å². The van der Waals surface area contributed by atoms with E-state index in [1.807, 2.05) is 20.0 Å². The minimum atomic E-state index is -0.308. The van der Waals surface area contributed by atoms with Crippen LogP contribution in [0.4, 0.5) is 5.82 Å². The maximum Gasteiger partial charge on any atom is 0.227 e. The summed E-state index contributed by atoms with van der Waals surface area (Å²) in [6.45, 7) is 5.65. The Kier molecular flexibility index (Phi) is 3.61. The summed E-state index contributed by atoms with van der Waals surface area (Å²) in [5.41, 5.74) is 0.853. The molecule has 1 saturated heterocycles. The molecule has 2 rings (SSSR count). The van der Waals surface area contributed by atoms with Crippen molar-refractivity contribution in [2.24, 2.45) is 5.41 Å². The summed E-state index contributed by atoms with van der Waals surface area (Å²) in [4.78, 5) is 18.5. The molecule has 1 aromatic heterocycles. The van der Waals surface area contributed by atoms with E-state index in [0.717, 1.165) is 35.4 Å². The molecule has 0 radical (unpaired) electrons. The van der Waals surface area contributed by atoms with E-state index in [2.05, 4.69) is 37.2 Å². The van der Waals surface area contributed by atoms with Crippen molar-refractivity contribution in [1.82, 2.24) is 10.3 Å². The number of halogens is 1. The molecule has 1 aliphatic rings. The lowest BCUT2D eigenvalue weighted by Crippen LogP contribution is -2.39. The van der Waals surface area contributed by atoms with Gasteiger partial charge in [-0.15, -0.1) is 0 Å². The van der Waals surface area contributed by atoms with Crippen molar-refractivity contribution in [3.05, 3.63) is 22.3 Å². The first-order valence-corrected chi connectivity index (χ1v) is 6.85. The second-order valence-electron chi connectivity index (χ2n) is 5.10. The highest BCUT2D eigenvalue weighted by Gasteiger charge is 2.40. The number of carbonyl (C=O) groups is 1. The zero-order valence-corrected chi connectivity index (χ0v) is 12.5. The summed E-state index contributed by atoms with van der Waals surface area (Å²) < 4.78 is 1.01. The molecule has 1 amide bonds. The van der Waals surface area contributed by atoms with Gasteiger partial charge in [-0.05, 0) is 47.8 Å². The lowest BCUT2D eigenvalue weighted by molar-refractivity contribution is -0.128. The Morgan fingerprint density at radius 2 is 2.33 bits per heavy atom. The lowest BCUT2D eigenvalue weighted by atomic mass is 9.89. The van der Waals surface area contributed by atoms with Crippen LogP contribution < -0.4 is 10.2 Å². The normalized spacial score (nSPS) is 23.2. The van der Waals surface area contributed by atoms with Crippen LogP contribution >= 0.6 is 15.9 Å². The van der Waals surface area contributed by atoms with Crippen LogP contribution in [0.25, 0.3) is 0 Å². The van der Waals surface area contributed by atoms with E-state index in [1.165, 1.54) is 0 Å². The molecular formula is C13H18BrN3O. The molecule has 5 heteroatoms. The Hall–Kier alpha value is -1.10. The quantitative estimate of drug-likeness (QED) is 0.910. The van der Waals surface area contributed by atoms with E-state index in [0.29, 0.717) is 0 Å². The van der Waals surface area contributed by atoms with Gasteiger partial charge in [0, 0.05) is 30.8 Å². The van der Waals surface area contributed by atoms with Gasteiger partial charge in [-0.1, -0.05) is 0 Å². The van der Waals surface area contributed by atoms with E-state index in [4.69, 9.17) is 0 Å². The van der Waals surface area contributed by atoms with Gasteiger partial charge in [0.05, 0.1) is 5.41 Å². The number of pyridine rings is 1. The van der Waals surface area contributed by atoms with Crippen LogP contribution in [0.15, 0.2) is 16.7 Å². The van der Waals surface area contributed by atoms with Crippen LogP contribution in [0.5, 0.6) is 0 Å². The Morgan fingerprint density at radius 1 is 1.61 bits per heavy atom. The average Bonchev–Trinajstić information content (AvgIpc) is 2.76. The van der Waals surface area contributed by atoms with Crippen molar-refractivity contribution in [3.63, 3.8) is 0 Å². The Labute approximate surface area is 116 Å². The van der Waals surface area contributed by atoms with Crippen LogP contribution in [0.3, 0.4) is 0 Å². The molecule has 4 nitrogen and oxygen atoms in total. The number of hydrogen-bond acceptors (Lipinski definition) is 3. The first-order valence-electron chi connectivity index (χ1n) is 6.05. The molecule has 0 aliphatic carbocycles. The molecule has 1 fully saturated rings. The molecule has 1 atom stereocenters. The minimum absolute atomic E-state index is 0.110. The number of nitrogens with zero attached hydrogens (tertiary/aromatic N) is 2. The Balaban J connectivity index is 2.18. The van der Waals surface area contributed by atoms with Crippen LogP contribution in [0.1, 0.15) is 18.9 Å². The molecule has 2 heterocycles. The molecule has 1 N–H and O–H groups in total. The van der Waals surface area contributed by atoms with Crippen molar-refractivity contribution < 1.29 is 4.79 Å². The van der Waals surface area contributed by atoms with Crippen molar-refractivity contribution >= 4 is 27.7 Å². The fourth-order valence-corrected chi connectivity index (χ4v) is 2.56.